The van der Waals surface area contributed by atoms with Crippen LogP contribution in [-0.2, 0) is 4.79 Å². The van der Waals surface area contributed by atoms with Crippen molar-refractivity contribution in [3.8, 4) is 0 Å². The summed E-state index contributed by atoms with van der Waals surface area (Å²) in [5, 5.41) is 11.8. The molecule has 0 bridgehead atoms. The van der Waals surface area contributed by atoms with Crippen LogP contribution in [0.1, 0.15) is 35.8 Å². The number of amidine groups is 1. The summed E-state index contributed by atoms with van der Waals surface area (Å²) in [7, 11) is 0. The largest absolute Gasteiger partial charge is 0.478 e. The van der Waals surface area contributed by atoms with Crippen molar-refractivity contribution in [3.63, 3.8) is 0 Å². The lowest BCUT2D eigenvalue weighted by Crippen LogP contribution is -2.39. The summed E-state index contributed by atoms with van der Waals surface area (Å²) >= 11 is 0. The summed E-state index contributed by atoms with van der Waals surface area (Å²) in [6.07, 6.45) is 3.45. The maximum atomic E-state index is 12.0. The molecule has 2 aliphatic rings. The van der Waals surface area contributed by atoms with Crippen LogP contribution in [0.5, 0.6) is 0 Å². The second-order valence-electron chi connectivity index (χ2n) is 5.04. The van der Waals surface area contributed by atoms with Gasteiger partial charge in [-0.15, -0.1) is 0 Å². The molecule has 0 radical (unpaired) electrons. The first-order valence-electron chi connectivity index (χ1n) is 6.12. The van der Waals surface area contributed by atoms with Crippen molar-refractivity contribution in [1.82, 2.24) is 16.5 Å². The first kappa shape index (κ1) is 14.1. The van der Waals surface area contributed by atoms with Gasteiger partial charge in [0, 0.05) is 6.20 Å². The molecule has 1 aliphatic carbocycles. The average molecular weight is 276 g/mol. The average Bonchev–Trinajstić information content (AvgIpc) is 3.18. The van der Waals surface area contributed by atoms with Crippen LogP contribution in [0.25, 0.3) is 0 Å². The third-order valence-electron chi connectivity index (χ3n) is 3.67. The second-order valence-corrected chi connectivity index (χ2v) is 5.04. The van der Waals surface area contributed by atoms with Crippen LogP contribution < -0.4 is 11.5 Å². The van der Waals surface area contributed by atoms with Crippen LogP contribution in [0.4, 0.5) is 0 Å². The molecule has 1 aliphatic heterocycles. The van der Waals surface area contributed by atoms with Gasteiger partial charge in [-0.1, -0.05) is 0 Å². The van der Waals surface area contributed by atoms with Gasteiger partial charge in [0.25, 0.3) is 5.91 Å². The van der Waals surface area contributed by atoms with E-state index in [1.54, 1.807) is 13.0 Å². The van der Waals surface area contributed by atoms with Crippen LogP contribution in [0, 0.1) is 5.92 Å². The van der Waals surface area contributed by atoms with Gasteiger partial charge in [0.05, 0.1) is 5.56 Å². The molecular weight excluding hydrogens is 260 g/mol. The number of amides is 1. The number of aliphatic imine (C=N–C) groups is 1. The summed E-state index contributed by atoms with van der Waals surface area (Å²) in [5.41, 5.74) is -0.517. The molecule has 3 rings (SSSR count). The Morgan fingerprint density at radius 1 is 1.50 bits per heavy atom. The predicted octanol–water partition coefficient (Wildman–Crippen LogP) is 0.987. The van der Waals surface area contributed by atoms with Crippen molar-refractivity contribution >= 4 is 17.7 Å². The van der Waals surface area contributed by atoms with Crippen molar-refractivity contribution in [2.45, 2.75) is 25.3 Å². The summed E-state index contributed by atoms with van der Waals surface area (Å²) in [5.74, 6) is -0.744. The summed E-state index contributed by atoms with van der Waals surface area (Å²) in [6.45, 7) is 1.79. The highest BCUT2D eigenvalue weighted by Gasteiger charge is 2.51. The summed E-state index contributed by atoms with van der Waals surface area (Å²) < 4.78 is 0. The fraction of sp³-hybridized carbons (Fsp3) is 0.385. The molecule has 1 aromatic heterocycles. The van der Waals surface area contributed by atoms with Crippen molar-refractivity contribution in [3.05, 3.63) is 29.6 Å². The molecule has 1 amide bonds. The molecule has 106 valence electrons. The molecule has 20 heavy (non-hydrogen) atoms. The molecule has 1 unspecified atom stereocenters. The van der Waals surface area contributed by atoms with Gasteiger partial charge in [-0.05, 0) is 37.8 Å². The quantitative estimate of drug-likeness (QED) is 0.758. The molecule has 1 saturated carbocycles. The SMILES string of the molecule is CC1(C2CC2)N=C(c2ncccc2C(=O)O)NC1=O.N. The molecule has 1 atom stereocenters. The van der Waals surface area contributed by atoms with E-state index in [0.29, 0.717) is 0 Å². The number of carbonyl (C=O) groups is 2. The number of carbonyl (C=O) groups excluding carboxylic acids is 1. The van der Waals surface area contributed by atoms with Crippen molar-refractivity contribution < 1.29 is 14.7 Å². The fourth-order valence-electron chi connectivity index (χ4n) is 2.35. The van der Waals surface area contributed by atoms with Gasteiger partial charge in [0.2, 0.25) is 0 Å². The Hall–Kier alpha value is -2.28. The first-order chi connectivity index (χ1) is 9.02. The first-order valence-corrected chi connectivity index (χ1v) is 6.12. The molecule has 5 N–H and O–H groups in total. The number of nitrogens with zero attached hydrogens (tertiary/aromatic N) is 2. The van der Waals surface area contributed by atoms with Gasteiger partial charge in [0.15, 0.2) is 5.84 Å². The van der Waals surface area contributed by atoms with Gasteiger partial charge in [-0.2, -0.15) is 0 Å². The number of hydrogen-bond acceptors (Lipinski definition) is 5. The summed E-state index contributed by atoms with van der Waals surface area (Å²) in [4.78, 5) is 31.6. The number of nitrogens with one attached hydrogen (secondary N) is 1. The highest BCUT2D eigenvalue weighted by atomic mass is 16.4. The number of pyridine rings is 1. The van der Waals surface area contributed by atoms with Gasteiger partial charge in [-0.3, -0.25) is 9.78 Å². The number of rotatable bonds is 3. The van der Waals surface area contributed by atoms with Crippen LogP contribution >= 0.6 is 0 Å². The van der Waals surface area contributed by atoms with Crippen LogP contribution in [0.15, 0.2) is 23.3 Å². The van der Waals surface area contributed by atoms with E-state index in [1.165, 1.54) is 12.3 Å². The monoisotopic (exact) mass is 276 g/mol. The minimum atomic E-state index is -1.08. The highest BCUT2D eigenvalue weighted by Crippen LogP contribution is 2.43. The smallest absolute Gasteiger partial charge is 0.338 e. The topological polar surface area (TPSA) is 127 Å². The van der Waals surface area contributed by atoms with Gasteiger partial charge in [0.1, 0.15) is 11.2 Å². The predicted molar refractivity (Wildman–Crippen MR) is 72.0 cm³/mol. The minimum Gasteiger partial charge on any atom is -0.478 e. The third-order valence-corrected chi connectivity index (χ3v) is 3.67. The minimum absolute atomic E-state index is 0. The van der Waals surface area contributed by atoms with Crippen molar-refractivity contribution in [1.29, 1.82) is 0 Å². The van der Waals surface area contributed by atoms with Crippen molar-refractivity contribution in [2.24, 2.45) is 10.9 Å². The number of carboxylic acids is 1. The lowest BCUT2D eigenvalue weighted by molar-refractivity contribution is -0.123. The lowest BCUT2D eigenvalue weighted by atomic mass is 9.97. The van der Waals surface area contributed by atoms with E-state index in [9.17, 15) is 9.59 Å². The van der Waals surface area contributed by atoms with Gasteiger partial charge >= 0.3 is 5.97 Å². The Morgan fingerprint density at radius 2 is 2.20 bits per heavy atom. The fourth-order valence-corrected chi connectivity index (χ4v) is 2.35. The van der Waals surface area contributed by atoms with Crippen LogP contribution in [0.2, 0.25) is 0 Å². The zero-order valence-electron chi connectivity index (χ0n) is 11.1. The molecule has 7 nitrogen and oxygen atoms in total. The highest BCUT2D eigenvalue weighted by molar-refractivity contribution is 6.17. The van der Waals surface area contributed by atoms with E-state index in [2.05, 4.69) is 15.3 Å². The maximum Gasteiger partial charge on any atom is 0.338 e. The Bertz CT molecular complexity index is 609. The van der Waals surface area contributed by atoms with E-state index in [-0.39, 0.29) is 35.1 Å². The number of aromatic nitrogens is 1. The van der Waals surface area contributed by atoms with E-state index < -0.39 is 11.5 Å². The molecular formula is C13H16N4O3. The lowest BCUT2D eigenvalue weighted by Gasteiger charge is -2.15. The molecule has 2 heterocycles. The molecule has 1 fully saturated rings. The Morgan fingerprint density at radius 3 is 2.80 bits per heavy atom. The maximum absolute atomic E-state index is 12.0. The number of hydrogen-bond donors (Lipinski definition) is 3. The van der Waals surface area contributed by atoms with E-state index >= 15 is 0 Å². The van der Waals surface area contributed by atoms with Gasteiger partial charge < -0.3 is 16.6 Å². The van der Waals surface area contributed by atoms with E-state index in [4.69, 9.17) is 5.11 Å². The molecule has 1 aromatic rings. The number of aromatic carboxylic acids is 1. The molecule has 7 heteroatoms. The van der Waals surface area contributed by atoms with E-state index in [0.717, 1.165) is 12.8 Å². The van der Waals surface area contributed by atoms with E-state index in [1.807, 2.05) is 0 Å². The zero-order chi connectivity index (χ0) is 13.6. The standard InChI is InChI=1S/C13H13N3O3.H3N/c1-13(7-4-5-7)12(19)15-10(16-13)9-8(11(17)18)3-2-6-14-9;/h2-3,6-7H,4-5H2,1H3,(H,17,18)(H,15,16,19);1H3. The molecule has 0 aromatic carbocycles. The molecule has 0 spiro atoms. The van der Waals surface area contributed by atoms with Crippen LogP contribution in [-0.4, -0.2) is 33.3 Å². The number of carboxylic acid groups (broad SMARTS) is 1. The third kappa shape index (κ3) is 2.05. The second kappa shape index (κ2) is 4.68. The Balaban J connectivity index is 0.00000147. The molecule has 0 saturated heterocycles. The van der Waals surface area contributed by atoms with Crippen LogP contribution in [0.3, 0.4) is 0 Å². The Labute approximate surface area is 115 Å². The Kier molecular flexibility index (Phi) is 3.31. The zero-order valence-corrected chi connectivity index (χ0v) is 11.1. The van der Waals surface area contributed by atoms with Crippen molar-refractivity contribution in [2.75, 3.05) is 0 Å². The van der Waals surface area contributed by atoms with Gasteiger partial charge in [-0.25, -0.2) is 9.79 Å². The normalized spacial score (nSPS) is 24.6. The summed E-state index contributed by atoms with van der Waals surface area (Å²) in [6, 6.07) is 3.00.